The summed E-state index contributed by atoms with van der Waals surface area (Å²) in [5, 5.41) is 14.3. The fourth-order valence-electron chi connectivity index (χ4n) is 5.88. The number of ether oxygens (including phenoxy) is 1. The van der Waals surface area contributed by atoms with Gasteiger partial charge in [-0.15, -0.1) is 0 Å². The molecule has 11 heteroatoms. The Morgan fingerprint density at radius 1 is 1.26 bits per heavy atom. The van der Waals surface area contributed by atoms with Gasteiger partial charge in [0, 0.05) is 48.8 Å². The molecule has 0 aliphatic carbocycles. The van der Waals surface area contributed by atoms with Crippen LogP contribution in [-0.4, -0.2) is 83.5 Å². The van der Waals surface area contributed by atoms with Crippen LogP contribution in [0.25, 0.3) is 11.0 Å². The van der Waals surface area contributed by atoms with Gasteiger partial charge in [0.05, 0.1) is 18.0 Å². The number of halogens is 1. The summed E-state index contributed by atoms with van der Waals surface area (Å²) in [4.78, 5) is 45.5. The lowest BCUT2D eigenvalue weighted by Gasteiger charge is -2.35. The van der Waals surface area contributed by atoms with Gasteiger partial charge < -0.3 is 24.2 Å². The zero-order chi connectivity index (χ0) is 31.3. The summed E-state index contributed by atoms with van der Waals surface area (Å²) in [6, 6.07) is 4.52. The molecule has 1 N–H and O–H groups in total. The fraction of sp³-hybridized carbons (Fsp3) is 0.594. The maximum Gasteiger partial charge on any atom is 0.309 e. The van der Waals surface area contributed by atoms with Crippen molar-refractivity contribution in [3.8, 4) is 0 Å². The summed E-state index contributed by atoms with van der Waals surface area (Å²) in [6.45, 7) is 10.1. The number of aromatic nitrogens is 1. The van der Waals surface area contributed by atoms with Crippen LogP contribution in [0.1, 0.15) is 77.8 Å². The molecule has 2 aliphatic rings. The quantitative estimate of drug-likeness (QED) is 0.211. The van der Waals surface area contributed by atoms with E-state index < -0.39 is 29.4 Å². The van der Waals surface area contributed by atoms with Crippen molar-refractivity contribution in [1.29, 1.82) is 0 Å². The van der Waals surface area contributed by atoms with Crippen molar-refractivity contribution in [3.63, 3.8) is 0 Å². The lowest BCUT2D eigenvalue weighted by Crippen LogP contribution is -2.45. The molecule has 2 unspecified atom stereocenters. The molecule has 2 aromatic rings. The molecule has 2 fully saturated rings. The predicted molar refractivity (Wildman–Crippen MR) is 160 cm³/mol. The van der Waals surface area contributed by atoms with E-state index in [0.29, 0.717) is 42.1 Å². The third-order valence-corrected chi connectivity index (χ3v) is 9.05. The Balaban J connectivity index is 1.38. The number of allylic oxidation sites excluding steroid dienone is 1. The summed E-state index contributed by atoms with van der Waals surface area (Å²) >= 11 is 0. The molecular formula is C32H43FN4O6. The first-order valence-electron chi connectivity index (χ1n) is 15.0. The van der Waals surface area contributed by atoms with Crippen molar-refractivity contribution in [2.45, 2.75) is 78.2 Å². The number of hydrogen-bond donors (Lipinski definition) is 1. The Morgan fingerprint density at radius 3 is 2.65 bits per heavy atom. The van der Waals surface area contributed by atoms with E-state index in [1.807, 2.05) is 11.9 Å². The van der Waals surface area contributed by atoms with Crippen LogP contribution in [0.5, 0.6) is 0 Å². The number of rotatable bonds is 11. The first-order valence-corrected chi connectivity index (χ1v) is 15.0. The molecule has 0 radical (unpaired) electrons. The standard InChI is InChI=1S/C32H43FN4O6/c1-20(32(3,4)18-28(39)40)31(41)42-26-7-6-13-36(5)30(26)34-21(2)23(19-38)12-16-37-14-10-22(11-15-37)29-25-9-8-24(33)17-27(25)43-35-29/h8-9,17,19-20,22,26H,6-7,10-16,18H2,1-5H3,(H,39,40)/b23-21-,34-30?. The van der Waals surface area contributed by atoms with Gasteiger partial charge in [0.25, 0.3) is 0 Å². The number of amidine groups is 1. The second-order valence-corrected chi connectivity index (χ2v) is 12.5. The monoisotopic (exact) mass is 598 g/mol. The molecule has 2 aliphatic heterocycles. The molecule has 1 aromatic heterocycles. The van der Waals surface area contributed by atoms with Gasteiger partial charge in [0.1, 0.15) is 17.9 Å². The summed E-state index contributed by atoms with van der Waals surface area (Å²) in [5.74, 6) is -1.55. The van der Waals surface area contributed by atoms with E-state index >= 15 is 0 Å². The Morgan fingerprint density at radius 2 is 1.98 bits per heavy atom. The number of carbonyl (C=O) groups excluding carboxylic acids is 2. The van der Waals surface area contributed by atoms with Crippen molar-refractivity contribution in [3.05, 3.63) is 41.0 Å². The summed E-state index contributed by atoms with van der Waals surface area (Å²) in [6.07, 6.45) is 3.89. The van der Waals surface area contributed by atoms with E-state index in [4.69, 9.17) is 14.3 Å². The maximum atomic E-state index is 13.5. The van der Waals surface area contributed by atoms with Crippen LogP contribution in [0.3, 0.4) is 0 Å². The van der Waals surface area contributed by atoms with Gasteiger partial charge in [-0.3, -0.25) is 14.4 Å². The van der Waals surface area contributed by atoms with E-state index in [0.717, 1.165) is 56.3 Å². The molecular weight excluding hydrogens is 555 g/mol. The van der Waals surface area contributed by atoms with E-state index in [-0.39, 0.29) is 18.2 Å². The van der Waals surface area contributed by atoms with E-state index in [1.165, 1.54) is 12.1 Å². The van der Waals surface area contributed by atoms with Crippen molar-refractivity contribution in [2.75, 3.05) is 33.2 Å². The first-order chi connectivity index (χ1) is 20.4. The minimum atomic E-state index is -0.961. The highest BCUT2D eigenvalue weighted by Gasteiger charge is 2.37. The third kappa shape index (κ3) is 7.87. The lowest BCUT2D eigenvalue weighted by molar-refractivity contribution is -0.156. The second-order valence-electron chi connectivity index (χ2n) is 12.5. The molecule has 2 atom stereocenters. The average Bonchev–Trinajstić information content (AvgIpc) is 3.37. The van der Waals surface area contributed by atoms with Crippen molar-refractivity contribution < 1.29 is 33.1 Å². The first kappa shape index (κ1) is 32.3. The number of likely N-dealkylation sites (N-methyl/N-ethyl adjacent to an activating group) is 1. The smallest absolute Gasteiger partial charge is 0.309 e. The molecule has 0 saturated carbocycles. The highest BCUT2D eigenvalue weighted by Crippen LogP contribution is 2.34. The SMILES string of the molecule is C/C(N=C1C(OC(=O)C(C)C(C)(C)CC(=O)O)CCCN1C)=C(/C=O)CCN1CCC(c2noc3cc(F)ccc23)CC1. The summed E-state index contributed by atoms with van der Waals surface area (Å²) in [5.41, 5.74) is 1.76. The largest absolute Gasteiger partial charge is 0.481 e. The predicted octanol–water partition coefficient (Wildman–Crippen LogP) is 5.18. The molecule has 43 heavy (non-hydrogen) atoms. The number of carboxylic acid groups (broad SMARTS) is 1. The van der Waals surface area contributed by atoms with Crippen molar-refractivity contribution >= 4 is 35.0 Å². The number of piperidine rings is 2. The zero-order valence-electron chi connectivity index (χ0n) is 25.8. The molecule has 0 bridgehead atoms. The van der Waals surface area contributed by atoms with Gasteiger partial charge in [0.15, 0.2) is 11.7 Å². The fourth-order valence-corrected chi connectivity index (χ4v) is 5.88. The Kier molecular flexibility index (Phi) is 10.4. The van der Waals surface area contributed by atoms with Crippen LogP contribution in [0, 0.1) is 17.2 Å². The highest BCUT2D eigenvalue weighted by atomic mass is 19.1. The van der Waals surface area contributed by atoms with Gasteiger partial charge in [-0.25, -0.2) is 9.38 Å². The third-order valence-electron chi connectivity index (χ3n) is 9.05. The van der Waals surface area contributed by atoms with Crippen LogP contribution < -0.4 is 0 Å². The van der Waals surface area contributed by atoms with Crippen molar-refractivity contribution in [1.82, 2.24) is 15.0 Å². The van der Waals surface area contributed by atoms with E-state index in [1.54, 1.807) is 33.8 Å². The van der Waals surface area contributed by atoms with Crippen molar-refractivity contribution in [2.24, 2.45) is 16.3 Å². The minimum absolute atomic E-state index is 0.144. The molecule has 0 spiro atoms. The van der Waals surface area contributed by atoms with Crippen LogP contribution in [0.15, 0.2) is 39.0 Å². The van der Waals surface area contributed by atoms with Gasteiger partial charge in [-0.05, 0) is 69.7 Å². The van der Waals surface area contributed by atoms with Crippen LogP contribution in [0.2, 0.25) is 0 Å². The van der Waals surface area contributed by atoms with E-state index in [2.05, 4.69) is 10.1 Å². The van der Waals surface area contributed by atoms with Crippen LogP contribution in [0.4, 0.5) is 4.39 Å². The number of aliphatic imine (C=N–C) groups is 1. The van der Waals surface area contributed by atoms with Gasteiger partial charge in [0.2, 0.25) is 0 Å². The molecule has 1 aromatic carbocycles. The number of carboxylic acids is 1. The molecule has 0 amide bonds. The molecule has 4 rings (SSSR count). The number of nitrogens with zero attached hydrogens (tertiary/aromatic N) is 4. The second kappa shape index (κ2) is 13.8. The Hall–Kier alpha value is -3.60. The maximum absolute atomic E-state index is 13.5. The van der Waals surface area contributed by atoms with Crippen LogP contribution >= 0.6 is 0 Å². The highest BCUT2D eigenvalue weighted by molar-refractivity contribution is 5.91. The lowest BCUT2D eigenvalue weighted by atomic mass is 9.77. The molecule has 3 heterocycles. The number of esters is 1. The molecule has 2 saturated heterocycles. The number of aliphatic carboxylic acids is 1. The summed E-state index contributed by atoms with van der Waals surface area (Å²) < 4.78 is 24.8. The number of fused-ring (bicyclic) bond motifs is 1. The number of benzene rings is 1. The Labute approximate surface area is 251 Å². The minimum Gasteiger partial charge on any atom is -0.481 e. The Bertz CT molecular complexity index is 1390. The molecule has 10 nitrogen and oxygen atoms in total. The number of hydrogen-bond acceptors (Lipinski definition) is 8. The normalized spacial score (nSPS) is 21.1. The number of carbonyl (C=O) groups is 3. The van der Waals surface area contributed by atoms with Gasteiger partial charge >= 0.3 is 11.9 Å². The number of likely N-dealkylation sites (tertiary alicyclic amines) is 2. The van der Waals surface area contributed by atoms with E-state index in [9.17, 15) is 23.9 Å². The zero-order valence-corrected chi connectivity index (χ0v) is 25.8. The van der Waals surface area contributed by atoms with Gasteiger partial charge in [-0.1, -0.05) is 25.9 Å². The van der Waals surface area contributed by atoms with Gasteiger partial charge in [-0.2, -0.15) is 0 Å². The average molecular weight is 599 g/mol. The summed E-state index contributed by atoms with van der Waals surface area (Å²) in [7, 11) is 1.89. The number of aldehydes is 1. The van der Waals surface area contributed by atoms with Crippen LogP contribution in [-0.2, 0) is 19.1 Å². The molecule has 234 valence electrons. The topological polar surface area (TPSA) is 126 Å².